The monoisotopic (exact) mass is 523 g/mol. The van der Waals surface area contributed by atoms with E-state index in [1.165, 1.54) is 0 Å². The predicted molar refractivity (Wildman–Crippen MR) is 146 cm³/mol. The minimum atomic E-state index is -0.167. The first kappa shape index (κ1) is 25.7. The largest absolute Gasteiger partial charge is 0.497 e. The first-order chi connectivity index (χ1) is 19.1. The van der Waals surface area contributed by atoms with Gasteiger partial charge in [-0.15, -0.1) is 0 Å². The number of rotatable bonds is 8. The molecule has 0 saturated carbocycles. The Bertz CT molecular complexity index is 1470. The molecule has 0 bridgehead atoms. The molecule has 1 fully saturated rings. The second-order valence-electron chi connectivity index (χ2n) is 9.29. The van der Waals surface area contributed by atoms with Crippen molar-refractivity contribution in [3.8, 4) is 34.6 Å². The van der Waals surface area contributed by atoms with Crippen LogP contribution in [0.4, 0.5) is 5.82 Å². The highest BCUT2D eigenvalue weighted by molar-refractivity contribution is 5.95. The number of hydrogen-bond donors (Lipinski definition) is 1. The van der Waals surface area contributed by atoms with Crippen LogP contribution in [-0.2, 0) is 0 Å². The molecule has 0 radical (unpaired) electrons. The summed E-state index contributed by atoms with van der Waals surface area (Å²) in [6.45, 7) is 2.02. The molecule has 2 aromatic heterocycles. The molecule has 198 valence electrons. The Kier molecular flexibility index (Phi) is 7.68. The lowest BCUT2D eigenvalue weighted by molar-refractivity contribution is 0.0944. The van der Waals surface area contributed by atoms with Crippen LogP contribution >= 0.6 is 0 Å². The summed E-state index contributed by atoms with van der Waals surface area (Å²) in [5, 5.41) is 17.1. The van der Waals surface area contributed by atoms with E-state index in [1.54, 1.807) is 49.5 Å². The average molecular weight is 524 g/mol. The molecule has 10 nitrogen and oxygen atoms in total. The molecular weight excluding hydrogens is 494 g/mol. The van der Waals surface area contributed by atoms with E-state index < -0.39 is 0 Å². The number of nitrogens with one attached hydrogen (secondary N) is 1. The second kappa shape index (κ2) is 11.6. The van der Waals surface area contributed by atoms with Gasteiger partial charge in [0.05, 0.1) is 26.1 Å². The van der Waals surface area contributed by atoms with Gasteiger partial charge >= 0.3 is 0 Å². The Morgan fingerprint density at radius 1 is 1.10 bits per heavy atom. The minimum Gasteiger partial charge on any atom is -0.497 e. The molecule has 1 saturated heterocycles. The summed E-state index contributed by atoms with van der Waals surface area (Å²) >= 11 is 0. The van der Waals surface area contributed by atoms with Crippen LogP contribution in [0.2, 0.25) is 0 Å². The molecular formula is C29H29N7O3. The van der Waals surface area contributed by atoms with E-state index >= 15 is 0 Å². The zero-order valence-corrected chi connectivity index (χ0v) is 21.9. The number of carbonyl (C=O) groups excluding carboxylic acids is 1. The molecule has 10 heteroatoms. The molecule has 0 atom stereocenters. The van der Waals surface area contributed by atoms with Gasteiger partial charge in [0, 0.05) is 49.2 Å². The van der Waals surface area contributed by atoms with Crippen LogP contribution in [0.3, 0.4) is 0 Å². The Hall–Kier alpha value is -4.91. The number of benzene rings is 2. The smallest absolute Gasteiger partial charge is 0.251 e. The summed E-state index contributed by atoms with van der Waals surface area (Å²) in [7, 11) is 3.11. The highest BCUT2D eigenvalue weighted by atomic mass is 16.5. The highest BCUT2D eigenvalue weighted by Crippen LogP contribution is 2.28. The van der Waals surface area contributed by atoms with Crippen LogP contribution in [0.1, 0.15) is 28.8 Å². The maximum absolute atomic E-state index is 12.8. The van der Waals surface area contributed by atoms with E-state index in [0.29, 0.717) is 46.7 Å². The number of aromatic nitrogens is 4. The number of piperidine rings is 1. The topological polar surface area (TPSA) is 118 Å². The Balaban J connectivity index is 1.24. The molecule has 1 aliphatic rings. The number of ether oxygens (including phenoxy) is 2. The van der Waals surface area contributed by atoms with E-state index in [4.69, 9.17) is 14.5 Å². The fourth-order valence-corrected chi connectivity index (χ4v) is 4.67. The molecule has 0 spiro atoms. The Morgan fingerprint density at radius 3 is 2.54 bits per heavy atom. The maximum Gasteiger partial charge on any atom is 0.251 e. The summed E-state index contributed by atoms with van der Waals surface area (Å²) in [6, 6.07) is 17.1. The molecule has 1 N–H and O–H groups in total. The quantitative estimate of drug-likeness (QED) is 0.370. The number of amides is 1. The molecule has 0 unspecified atom stereocenters. The average Bonchev–Trinajstić information content (AvgIpc) is 3.55. The van der Waals surface area contributed by atoms with Crippen molar-refractivity contribution in [1.82, 2.24) is 25.1 Å². The molecule has 3 heterocycles. The fourth-order valence-electron chi connectivity index (χ4n) is 4.67. The lowest BCUT2D eigenvalue weighted by Gasteiger charge is -2.33. The molecule has 5 rings (SSSR count). The third kappa shape index (κ3) is 5.83. The third-order valence-corrected chi connectivity index (χ3v) is 6.84. The number of carbonyl (C=O) groups is 1. The number of anilines is 1. The van der Waals surface area contributed by atoms with Gasteiger partial charge in [0.1, 0.15) is 23.1 Å². The Labute approximate surface area is 226 Å². The van der Waals surface area contributed by atoms with Crippen molar-refractivity contribution in [2.45, 2.75) is 12.8 Å². The molecule has 0 aliphatic carbocycles. The zero-order valence-electron chi connectivity index (χ0n) is 21.9. The SMILES string of the molecule is COc1cc(OC)cc(C(=O)NCC2CCN(c3nc(-c4cccc(-n5cccn5)c4)ncc3C#N)CC2)c1. The first-order valence-corrected chi connectivity index (χ1v) is 12.7. The van der Waals surface area contributed by atoms with Crippen molar-refractivity contribution in [1.29, 1.82) is 5.26 Å². The van der Waals surface area contributed by atoms with E-state index in [1.807, 2.05) is 36.5 Å². The van der Waals surface area contributed by atoms with Crippen LogP contribution in [0.25, 0.3) is 17.1 Å². The predicted octanol–water partition coefficient (Wildman–Crippen LogP) is 3.86. The van der Waals surface area contributed by atoms with Gasteiger partial charge in [0.25, 0.3) is 5.91 Å². The van der Waals surface area contributed by atoms with Crippen molar-refractivity contribution in [2.24, 2.45) is 5.92 Å². The maximum atomic E-state index is 12.8. The molecule has 1 aliphatic heterocycles. The van der Waals surface area contributed by atoms with E-state index in [2.05, 4.69) is 26.4 Å². The van der Waals surface area contributed by atoms with Gasteiger partial charge in [0.2, 0.25) is 0 Å². The van der Waals surface area contributed by atoms with Gasteiger partial charge < -0.3 is 19.7 Å². The van der Waals surface area contributed by atoms with Crippen LogP contribution < -0.4 is 19.7 Å². The van der Waals surface area contributed by atoms with Crippen LogP contribution in [0, 0.1) is 17.2 Å². The molecule has 1 amide bonds. The van der Waals surface area contributed by atoms with Crippen molar-refractivity contribution >= 4 is 11.7 Å². The number of methoxy groups -OCH3 is 2. The van der Waals surface area contributed by atoms with Gasteiger partial charge in [-0.2, -0.15) is 10.4 Å². The van der Waals surface area contributed by atoms with E-state index in [0.717, 1.165) is 37.2 Å². The third-order valence-electron chi connectivity index (χ3n) is 6.84. The molecule has 39 heavy (non-hydrogen) atoms. The van der Waals surface area contributed by atoms with E-state index in [9.17, 15) is 10.1 Å². The summed E-state index contributed by atoms with van der Waals surface area (Å²) in [5.74, 6) is 2.48. The molecule has 2 aromatic carbocycles. The van der Waals surface area contributed by atoms with Crippen molar-refractivity contribution < 1.29 is 14.3 Å². The van der Waals surface area contributed by atoms with Crippen molar-refractivity contribution in [3.63, 3.8) is 0 Å². The highest BCUT2D eigenvalue weighted by Gasteiger charge is 2.24. The number of hydrogen-bond acceptors (Lipinski definition) is 8. The summed E-state index contributed by atoms with van der Waals surface area (Å²) in [4.78, 5) is 24.2. The van der Waals surface area contributed by atoms with Gasteiger partial charge in [-0.1, -0.05) is 12.1 Å². The fraction of sp³-hybridized carbons (Fsp3) is 0.276. The Morgan fingerprint density at radius 2 is 1.87 bits per heavy atom. The summed E-state index contributed by atoms with van der Waals surface area (Å²) in [5.41, 5.74) is 2.69. The van der Waals surface area contributed by atoms with E-state index in [-0.39, 0.29) is 5.91 Å². The lowest BCUT2D eigenvalue weighted by atomic mass is 9.96. The lowest BCUT2D eigenvalue weighted by Crippen LogP contribution is -2.39. The van der Waals surface area contributed by atoms with Crippen LogP contribution in [0.5, 0.6) is 11.5 Å². The zero-order chi connectivity index (χ0) is 27.2. The van der Waals surface area contributed by atoms with Gasteiger partial charge in [0.15, 0.2) is 11.6 Å². The standard InChI is InChI=1S/C29H29N7O3/c1-38-25-14-22(15-26(16-25)39-2)29(37)32-18-20-7-11-35(12-8-20)28-23(17-30)19-31-27(34-28)21-5-3-6-24(13-21)36-10-4-9-33-36/h3-6,9-10,13-16,19-20H,7-8,11-12,18H2,1-2H3,(H,32,37). The molecule has 4 aromatic rings. The minimum absolute atomic E-state index is 0.167. The second-order valence-corrected chi connectivity index (χ2v) is 9.29. The van der Waals surface area contributed by atoms with Crippen LogP contribution in [-0.4, -0.2) is 59.5 Å². The normalized spacial score (nSPS) is 13.5. The van der Waals surface area contributed by atoms with Crippen molar-refractivity contribution in [3.05, 3.63) is 78.2 Å². The van der Waals surface area contributed by atoms with Gasteiger partial charge in [-0.3, -0.25) is 4.79 Å². The summed E-state index contributed by atoms with van der Waals surface area (Å²) in [6.07, 6.45) is 6.92. The first-order valence-electron chi connectivity index (χ1n) is 12.7. The summed E-state index contributed by atoms with van der Waals surface area (Å²) < 4.78 is 12.3. The van der Waals surface area contributed by atoms with Gasteiger partial charge in [-0.05, 0) is 49.1 Å². The number of nitrogens with zero attached hydrogens (tertiary/aromatic N) is 6. The number of nitriles is 1. The van der Waals surface area contributed by atoms with Gasteiger partial charge in [-0.25, -0.2) is 14.6 Å². The van der Waals surface area contributed by atoms with Crippen molar-refractivity contribution in [2.75, 3.05) is 38.8 Å². The van der Waals surface area contributed by atoms with Crippen LogP contribution in [0.15, 0.2) is 67.1 Å².